The van der Waals surface area contributed by atoms with Crippen LogP contribution in [0.5, 0.6) is 5.75 Å². The number of carbonyl (C=O) groups is 2. The standard InChI is InChI=1S/C27H22Br2N2O4/c1-3-34-27(33)20-8-10-22(11-9-20)31-26(32)21(15-30)12-19-13-23(28)25(24(29)14-19)35-16-18-6-4-17(2)5-7-18/h4-14H,3,16H2,1-2H3,(H,31,32)/b21-12+. The number of benzene rings is 3. The molecule has 3 aromatic carbocycles. The second-order valence-corrected chi connectivity index (χ2v) is 9.22. The highest BCUT2D eigenvalue weighted by atomic mass is 79.9. The molecular weight excluding hydrogens is 576 g/mol. The molecule has 8 heteroatoms. The van der Waals surface area contributed by atoms with E-state index in [-0.39, 0.29) is 12.2 Å². The highest BCUT2D eigenvalue weighted by molar-refractivity contribution is 9.11. The van der Waals surface area contributed by atoms with Gasteiger partial charge in [0.05, 0.1) is 21.1 Å². The fraction of sp³-hybridized carbons (Fsp3) is 0.148. The summed E-state index contributed by atoms with van der Waals surface area (Å²) in [6.07, 6.45) is 1.49. The molecule has 1 N–H and O–H groups in total. The van der Waals surface area contributed by atoms with E-state index in [1.165, 1.54) is 11.6 Å². The lowest BCUT2D eigenvalue weighted by molar-refractivity contribution is -0.112. The molecule has 0 atom stereocenters. The van der Waals surface area contributed by atoms with E-state index in [0.29, 0.717) is 38.1 Å². The number of anilines is 1. The zero-order chi connectivity index (χ0) is 25.4. The topological polar surface area (TPSA) is 88.4 Å². The highest BCUT2D eigenvalue weighted by Gasteiger charge is 2.14. The lowest BCUT2D eigenvalue weighted by Crippen LogP contribution is -2.13. The summed E-state index contributed by atoms with van der Waals surface area (Å²) in [7, 11) is 0. The SMILES string of the molecule is CCOC(=O)c1ccc(NC(=O)/C(C#N)=C/c2cc(Br)c(OCc3ccc(C)cc3)c(Br)c2)cc1. The van der Waals surface area contributed by atoms with E-state index in [1.807, 2.05) is 37.3 Å². The van der Waals surface area contributed by atoms with Crippen molar-refractivity contribution in [1.82, 2.24) is 0 Å². The summed E-state index contributed by atoms with van der Waals surface area (Å²) in [5.41, 5.74) is 3.60. The van der Waals surface area contributed by atoms with Gasteiger partial charge < -0.3 is 14.8 Å². The Balaban J connectivity index is 1.71. The Morgan fingerprint density at radius 2 is 1.66 bits per heavy atom. The Morgan fingerprint density at radius 3 is 2.23 bits per heavy atom. The molecule has 0 fully saturated rings. The predicted octanol–water partition coefficient (Wildman–Crippen LogP) is 6.82. The lowest BCUT2D eigenvalue weighted by Gasteiger charge is -2.12. The van der Waals surface area contributed by atoms with Crippen LogP contribution in [0.1, 0.15) is 34.0 Å². The molecule has 0 heterocycles. The number of esters is 1. The van der Waals surface area contributed by atoms with Gasteiger partial charge in [-0.2, -0.15) is 5.26 Å². The normalized spacial score (nSPS) is 10.9. The molecule has 1 amide bonds. The fourth-order valence-electron chi connectivity index (χ4n) is 3.06. The van der Waals surface area contributed by atoms with Crippen molar-refractivity contribution in [1.29, 1.82) is 5.26 Å². The summed E-state index contributed by atoms with van der Waals surface area (Å²) in [6.45, 7) is 4.43. The van der Waals surface area contributed by atoms with Crippen molar-refractivity contribution in [3.8, 4) is 11.8 Å². The smallest absolute Gasteiger partial charge is 0.338 e. The third-order valence-electron chi connectivity index (χ3n) is 4.85. The molecule has 0 aliphatic rings. The highest BCUT2D eigenvalue weighted by Crippen LogP contribution is 2.36. The van der Waals surface area contributed by atoms with Crippen LogP contribution in [0.15, 0.2) is 75.2 Å². The molecule has 0 saturated heterocycles. The van der Waals surface area contributed by atoms with E-state index in [2.05, 4.69) is 37.2 Å². The Labute approximate surface area is 220 Å². The summed E-state index contributed by atoms with van der Waals surface area (Å²) in [4.78, 5) is 24.4. The van der Waals surface area contributed by atoms with Crippen molar-refractivity contribution in [2.45, 2.75) is 20.5 Å². The predicted molar refractivity (Wildman–Crippen MR) is 142 cm³/mol. The van der Waals surface area contributed by atoms with Crippen molar-refractivity contribution < 1.29 is 19.1 Å². The van der Waals surface area contributed by atoms with Gasteiger partial charge in [0.1, 0.15) is 24.0 Å². The third-order valence-corrected chi connectivity index (χ3v) is 6.03. The quantitative estimate of drug-likeness (QED) is 0.175. The van der Waals surface area contributed by atoms with Crippen molar-refractivity contribution in [2.75, 3.05) is 11.9 Å². The van der Waals surface area contributed by atoms with Gasteiger partial charge in [0.15, 0.2) is 0 Å². The number of nitrogens with zero attached hydrogens (tertiary/aromatic N) is 1. The molecule has 0 aliphatic carbocycles. The van der Waals surface area contributed by atoms with Gasteiger partial charge in [0.2, 0.25) is 0 Å². The van der Waals surface area contributed by atoms with Crippen molar-refractivity contribution in [3.63, 3.8) is 0 Å². The number of ether oxygens (including phenoxy) is 2. The van der Waals surface area contributed by atoms with Crippen LogP contribution in [-0.2, 0) is 16.1 Å². The van der Waals surface area contributed by atoms with Crippen molar-refractivity contribution >= 4 is 55.5 Å². The second-order valence-electron chi connectivity index (χ2n) is 7.51. The first-order valence-corrected chi connectivity index (χ1v) is 12.3. The molecule has 0 radical (unpaired) electrons. The largest absolute Gasteiger partial charge is 0.487 e. The number of amides is 1. The first kappa shape index (κ1) is 26.2. The average Bonchev–Trinajstić information content (AvgIpc) is 2.83. The first-order chi connectivity index (χ1) is 16.8. The molecule has 0 spiro atoms. The maximum Gasteiger partial charge on any atom is 0.338 e. The van der Waals surface area contributed by atoms with Crippen molar-refractivity contribution in [3.05, 3.63) is 97.4 Å². The Morgan fingerprint density at radius 1 is 1.03 bits per heavy atom. The minimum absolute atomic E-state index is 0.0772. The second kappa shape index (κ2) is 12.3. The van der Waals surface area contributed by atoms with E-state index in [4.69, 9.17) is 9.47 Å². The van der Waals surface area contributed by atoms with E-state index in [9.17, 15) is 14.9 Å². The van der Waals surface area contributed by atoms with Crippen LogP contribution in [-0.4, -0.2) is 18.5 Å². The number of rotatable bonds is 8. The molecule has 178 valence electrons. The Kier molecular flexibility index (Phi) is 9.24. The number of aryl methyl sites for hydroxylation is 1. The van der Waals surface area contributed by atoms with Gasteiger partial charge in [0.25, 0.3) is 5.91 Å². The zero-order valence-corrected chi connectivity index (χ0v) is 22.3. The average molecular weight is 598 g/mol. The van der Waals surface area contributed by atoms with Crippen LogP contribution in [0, 0.1) is 18.3 Å². The molecule has 0 unspecified atom stereocenters. The fourth-order valence-corrected chi connectivity index (χ4v) is 4.51. The number of halogens is 2. The molecular formula is C27H22Br2N2O4. The van der Waals surface area contributed by atoms with Crippen molar-refractivity contribution in [2.24, 2.45) is 0 Å². The van der Waals surface area contributed by atoms with Gasteiger partial charge in [-0.3, -0.25) is 4.79 Å². The summed E-state index contributed by atoms with van der Waals surface area (Å²) in [5, 5.41) is 12.2. The van der Waals surface area contributed by atoms with E-state index < -0.39 is 11.9 Å². The molecule has 0 saturated carbocycles. The number of nitrogens with one attached hydrogen (secondary N) is 1. The molecule has 0 bridgehead atoms. The van der Waals surface area contributed by atoms with Crippen LogP contribution >= 0.6 is 31.9 Å². The van der Waals surface area contributed by atoms with Gasteiger partial charge >= 0.3 is 5.97 Å². The van der Waals surface area contributed by atoms with Crippen LogP contribution in [0.3, 0.4) is 0 Å². The summed E-state index contributed by atoms with van der Waals surface area (Å²) in [5.74, 6) is -0.388. The molecule has 3 rings (SSSR count). The number of carbonyl (C=O) groups excluding carboxylic acids is 2. The van der Waals surface area contributed by atoms with Gasteiger partial charge in [0, 0.05) is 5.69 Å². The molecule has 35 heavy (non-hydrogen) atoms. The minimum Gasteiger partial charge on any atom is -0.487 e. The third kappa shape index (κ3) is 7.28. The summed E-state index contributed by atoms with van der Waals surface area (Å²) >= 11 is 7.02. The van der Waals surface area contributed by atoms with E-state index in [0.717, 1.165) is 5.56 Å². The Bertz CT molecular complexity index is 1270. The molecule has 0 aromatic heterocycles. The van der Waals surface area contributed by atoms with Crippen LogP contribution < -0.4 is 10.1 Å². The van der Waals surface area contributed by atoms with E-state index >= 15 is 0 Å². The van der Waals surface area contributed by atoms with E-state index in [1.54, 1.807) is 43.3 Å². The maximum atomic E-state index is 12.6. The molecule has 3 aromatic rings. The van der Waals surface area contributed by atoms with Crippen LogP contribution in [0.4, 0.5) is 5.69 Å². The Hall–Kier alpha value is -3.41. The minimum atomic E-state index is -0.566. The van der Waals surface area contributed by atoms with Gasteiger partial charge in [-0.05, 0) is 99.3 Å². The molecule has 6 nitrogen and oxygen atoms in total. The first-order valence-electron chi connectivity index (χ1n) is 10.7. The maximum absolute atomic E-state index is 12.6. The van der Waals surface area contributed by atoms with Crippen LogP contribution in [0.2, 0.25) is 0 Å². The summed E-state index contributed by atoms with van der Waals surface area (Å²) in [6, 6.07) is 19.8. The number of hydrogen-bond donors (Lipinski definition) is 1. The number of hydrogen-bond acceptors (Lipinski definition) is 5. The van der Waals surface area contributed by atoms with Crippen LogP contribution in [0.25, 0.3) is 6.08 Å². The zero-order valence-electron chi connectivity index (χ0n) is 19.1. The summed E-state index contributed by atoms with van der Waals surface area (Å²) < 4.78 is 12.3. The molecule has 0 aliphatic heterocycles. The number of nitriles is 1. The lowest BCUT2D eigenvalue weighted by atomic mass is 10.1. The monoisotopic (exact) mass is 596 g/mol. The van der Waals surface area contributed by atoms with Gasteiger partial charge in [-0.1, -0.05) is 29.8 Å². The van der Waals surface area contributed by atoms with Gasteiger partial charge in [-0.15, -0.1) is 0 Å². The van der Waals surface area contributed by atoms with Gasteiger partial charge in [-0.25, -0.2) is 4.79 Å².